The van der Waals surface area contributed by atoms with E-state index in [1.807, 2.05) is 0 Å². The monoisotopic (exact) mass is 432 g/mol. The molecule has 0 atom stereocenters. The number of nitrogens with one attached hydrogen (secondary N) is 2. The van der Waals surface area contributed by atoms with Gasteiger partial charge in [-0.3, -0.25) is 9.59 Å². The minimum Gasteiger partial charge on any atom is -0.343 e. The number of anilines is 1. The largest absolute Gasteiger partial charge is 0.405 e. The topological polar surface area (TPSA) is 58.2 Å². The van der Waals surface area contributed by atoms with Crippen molar-refractivity contribution in [3.05, 3.63) is 59.2 Å². The Bertz CT molecular complexity index is 903. The summed E-state index contributed by atoms with van der Waals surface area (Å²) in [4.78, 5) is 24.3. The summed E-state index contributed by atoms with van der Waals surface area (Å²) >= 11 is 1.13. The molecule has 2 aromatic rings. The average Bonchev–Trinajstić information content (AvgIpc) is 2.64. The maximum atomic E-state index is 14.0. The van der Waals surface area contributed by atoms with E-state index in [1.165, 1.54) is 13.0 Å². The van der Waals surface area contributed by atoms with Crippen molar-refractivity contribution in [1.29, 1.82) is 0 Å². The summed E-state index contributed by atoms with van der Waals surface area (Å²) in [6.45, 7) is -0.202. The minimum absolute atomic E-state index is 0.0233. The highest BCUT2D eigenvalue weighted by Crippen LogP contribution is 2.24. The second-order valence-corrected chi connectivity index (χ2v) is 7.14. The maximum absolute atomic E-state index is 14.0. The van der Waals surface area contributed by atoms with Crippen LogP contribution in [0.25, 0.3) is 0 Å². The molecule has 0 saturated carbocycles. The van der Waals surface area contributed by atoms with Crippen LogP contribution in [0.3, 0.4) is 0 Å². The second kappa shape index (κ2) is 9.73. The highest BCUT2D eigenvalue weighted by Gasteiger charge is 2.28. The van der Waals surface area contributed by atoms with Crippen LogP contribution in [-0.2, 0) is 4.79 Å². The molecule has 0 bridgehead atoms. The molecule has 0 aliphatic heterocycles. The number of rotatable bonds is 7. The van der Waals surface area contributed by atoms with Crippen LogP contribution < -0.4 is 10.6 Å². The number of amides is 2. The zero-order chi connectivity index (χ0) is 21.6. The van der Waals surface area contributed by atoms with Crippen LogP contribution in [0.4, 0.5) is 27.6 Å². The number of benzene rings is 2. The lowest BCUT2D eigenvalue weighted by Gasteiger charge is -2.13. The molecule has 2 aromatic carbocycles. The molecular formula is C19H17F5N2O2S. The first-order valence-corrected chi connectivity index (χ1v) is 9.37. The summed E-state index contributed by atoms with van der Waals surface area (Å²) in [6.07, 6.45) is -4.63. The van der Waals surface area contributed by atoms with Gasteiger partial charge in [-0.2, -0.15) is 13.2 Å². The summed E-state index contributed by atoms with van der Waals surface area (Å²) in [6, 6.07) is 7.97. The molecule has 2 amide bonds. The van der Waals surface area contributed by atoms with Gasteiger partial charge in [0.25, 0.3) is 5.91 Å². The van der Waals surface area contributed by atoms with Crippen molar-refractivity contribution < 1.29 is 31.5 Å². The summed E-state index contributed by atoms with van der Waals surface area (Å²) in [5, 5.41) is 4.07. The Labute approximate surface area is 167 Å². The van der Waals surface area contributed by atoms with Gasteiger partial charge in [0, 0.05) is 33.9 Å². The van der Waals surface area contributed by atoms with Crippen LogP contribution in [0, 0.1) is 18.6 Å². The molecule has 29 heavy (non-hydrogen) atoms. The van der Waals surface area contributed by atoms with E-state index in [-0.39, 0.29) is 29.0 Å². The molecule has 0 aromatic heterocycles. The third kappa shape index (κ3) is 7.04. The van der Waals surface area contributed by atoms with Crippen LogP contribution >= 0.6 is 11.8 Å². The molecule has 4 nitrogen and oxygen atoms in total. The SMILES string of the molecule is Cc1c(F)cc(C(=O)NCC(F)(F)F)cc1NC(=O)CCSc1ccccc1F. The molecule has 2 rings (SSSR count). The molecule has 0 aliphatic carbocycles. The highest BCUT2D eigenvalue weighted by molar-refractivity contribution is 7.99. The lowest BCUT2D eigenvalue weighted by atomic mass is 10.1. The summed E-state index contributed by atoms with van der Waals surface area (Å²) in [7, 11) is 0. The molecule has 0 aliphatic rings. The predicted molar refractivity (Wildman–Crippen MR) is 99.9 cm³/mol. The van der Waals surface area contributed by atoms with Gasteiger partial charge in [0.1, 0.15) is 18.2 Å². The lowest BCUT2D eigenvalue weighted by Crippen LogP contribution is -2.33. The summed E-state index contributed by atoms with van der Waals surface area (Å²) in [5.74, 6) is -2.63. The van der Waals surface area contributed by atoms with Gasteiger partial charge in [-0.05, 0) is 31.2 Å². The van der Waals surface area contributed by atoms with Crippen molar-refractivity contribution >= 4 is 29.3 Å². The van der Waals surface area contributed by atoms with E-state index in [2.05, 4.69) is 5.32 Å². The Morgan fingerprint density at radius 3 is 2.41 bits per heavy atom. The molecule has 0 heterocycles. The van der Waals surface area contributed by atoms with Crippen molar-refractivity contribution in [3.8, 4) is 0 Å². The Balaban J connectivity index is 2.00. The van der Waals surface area contributed by atoms with Gasteiger partial charge in [0.05, 0.1) is 0 Å². The molecular weight excluding hydrogens is 415 g/mol. The standard InChI is InChI=1S/C19H17F5N2O2S/c1-11-14(21)8-12(18(28)25-10-19(22,23)24)9-15(11)26-17(27)6-7-29-16-5-3-2-4-13(16)20/h2-5,8-9H,6-7,10H2,1H3,(H,25,28)(H,26,27). The normalized spacial score (nSPS) is 11.2. The Hall–Kier alpha value is -2.62. The van der Waals surface area contributed by atoms with E-state index in [1.54, 1.807) is 23.5 Å². The Morgan fingerprint density at radius 1 is 1.07 bits per heavy atom. The molecule has 10 heteroatoms. The molecule has 0 saturated heterocycles. The van der Waals surface area contributed by atoms with Crippen molar-refractivity contribution in [2.24, 2.45) is 0 Å². The number of halogens is 5. The molecule has 2 N–H and O–H groups in total. The zero-order valence-electron chi connectivity index (χ0n) is 15.2. The predicted octanol–water partition coefficient (Wildman–Crippen LogP) is 4.69. The first-order valence-electron chi connectivity index (χ1n) is 8.39. The first kappa shape index (κ1) is 22.7. The summed E-state index contributed by atoms with van der Waals surface area (Å²) in [5.41, 5.74) is -0.344. The van der Waals surface area contributed by atoms with E-state index in [0.717, 1.165) is 23.9 Å². The van der Waals surface area contributed by atoms with Crippen molar-refractivity contribution in [1.82, 2.24) is 5.32 Å². The molecule has 0 unspecified atom stereocenters. The van der Waals surface area contributed by atoms with Crippen molar-refractivity contribution in [2.75, 3.05) is 17.6 Å². The number of hydrogen-bond acceptors (Lipinski definition) is 3. The van der Waals surface area contributed by atoms with E-state index in [9.17, 15) is 31.5 Å². The van der Waals surface area contributed by atoms with Gasteiger partial charge in [-0.15, -0.1) is 11.8 Å². The Morgan fingerprint density at radius 2 is 1.76 bits per heavy atom. The average molecular weight is 432 g/mol. The minimum atomic E-state index is -4.61. The molecule has 0 radical (unpaired) electrons. The quantitative estimate of drug-likeness (QED) is 0.493. The van der Waals surface area contributed by atoms with E-state index in [0.29, 0.717) is 4.90 Å². The van der Waals surface area contributed by atoms with Crippen LogP contribution in [0.2, 0.25) is 0 Å². The smallest absolute Gasteiger partial charge is 0.343 e. The van der Waals surface area contributed by atoms with Crippen molar-refractivity contribution in [3.63, 3.8) is 0 Å². The second-order valence-electron chi connectivity index (χ2n) is 6.01. The fraction of sp³-hybridized carbons (Fsp3) is 0.263. The van der Waals surface area contributed by atoms with Crippen LogP contribution in [0.1, 0.15) is 22.3 Å². The van der Waals surface area contributed by atoms with Crippen LogP contribution in [0.5, 0.6) is 0 Å². The maximum Gasteiger partial charge on any atom is 0.405 e. The number of hydrogen-bond donors (Lipinski definition) is 2. The fourth-order valence-electron chi connectivity index (χ4n) is 2.25. The van der Waals surface area contributed by atoms with Crippen molar-refractivity contribution in [2.45, 2.75) is 24.4 Å². The van der Waals surface area contributed by atoms with Gasteiger partial charge >= 0.3 is 6.18 Å². The van der Waals surface area contributed by atoms with Gasteiger partial charge in [-0.25, -0.2) is 8.78 Å². The van der Waals surface area contributed by atoms with Gasteiger partial charge in [0.2, 0.25) is 5.91 Å². The fourth-order valence-corrected chi connectivity index (χ4v) is 3.14. The van der Waals surface area contributed by atoms with Gasteiger partial charge in [0.15, 0.2) is 0 Å². The third-order valence-corrected chi connectivity index (χ3v) is 4.80. The number of carbonyl (C=O) groups is 2. The number of alkyl halides is 3. The lowest BCUT2D eigenvalue weighted by molar-refractivity contribution is -0.123. The van der Waals surface area contributed by atoms with E-state index >= 15 is 0 Å². The molecule has 0 spiro atoms. The third-order valence-electron chi connectivity index (χ3n) is 3.75. The molecule has 0 fully saturated rings. The highest BCUT2D eigenvalue weighted by atomic mass is 32.2. The van der Waals surface area contributed by atoms with Crippen LogP contribution in [0.15, 0.2) is 41.3 Å². The van der Waals surface area contributed by atoms with Crippen LogP contribution in [-0.4, -0.2) is 30.3 Å². The van der Waals surface area contributed by atoms with E-state index < -0.39 is 36.2 Å². The van der Waals surface area contributed by atoms with Gasteiger partial charge < -0.3 is 10.6 Å². The number of thioether (sulfide) groups is 1. The Kier molecular flexibility index (Phi) is 7.60. The molecule has 156 valence electrons. The van der Waals surface area contributed by atoms with Gasteiger partial charge in [-0.1, -0.05) is 12.1 Å². The number of carbonyl (C=O) groups excluding carboxylic acids is 2. The summed E-state index contributed by atoms with van der Waals surface area (Å²) < 4.78 is 64.3. The first-order chi connectivity index (χ1) is 13.6. The zero-order valence-corrected chi connectivity index (χ0v) is 16.0. The van der Waals surface area contributed by atoms with E-state index in [4.69, 9.17) is 0 Å².